The average molecular weight is 427 g/mol. The molecule has 0 aliphatic carbocycles. The van der Waals surface area contributed by atoms with Crippen molar-refractivity contribution >= 4 is 40.7 Å². The van der Waals surface area contributed by atoms with Crippen molar-refractivity contribution in [3.05, 3.63) is 76.4 Å². The maximum absolute atomic E-state index is 11.8. The number of benzene rings is 1. The van der Waals surface area contributed by atoms with E-state index in [1.165, 1.54) is 17.4 Å². The molecule has 1 N–H and O–H groups in total. The summed E-state index contributed by atoms with van der Waals surface area (Å²) in [6, 6.07) is 14.7. The summed E-state index contributed by atoms with van der Waals surface area (Å²) in [5.74, 6) is 0.362. The Bertz CT molecular complexity index is 1030. The second-order valence-corrected chi connectivity index (χ2v) is 7.58. The van der Waals surface area contributed by atoms with Crippen LogP contribution < -0.4 is 10.1 Å². The maximum atomic E-state index is 11.8. The predicted octanol–water partition coefficient (Wildman–Crippen LogP) is 4.87. The largest absolute Gasteiger partial charge is 0.490 e. The number of rotatable bonds is 8. The average Bonchev–Trinajstić information content (AvgIpc) is 3.22. The Balaban J connectivity index is 1.48. The van der Waals surface area contributed by atoms with Crippen LogP contribution >= 0.6 is 22.9 Å². The van der Waals surface area contributed by atoms with Crippen molar-refractivity contribution in [3.8, 4) is 16.2 Å². The molecule has 0 radical (unpaired) electrons. The van der Waals surface area contributed by atoms with Gasteiger partial charge in [-0.25, -0.2) is 0 Å². The van der Waals surface area contributed by atoms with Gasteiger partial charge in [-0.1, -0.05) is 17.7 Å². The Hall–Kier alpha value is -2.96. The lowest BCUT2D eigenvalue weighted by atomic mass is 10.2. The highest BCUT2D eigenvalue weighted by molar-refractivity contribution is 7.17. The van der Waals surface area contributed by atoms with Crippen LogP contribution in [0.5, 0.6) is 5.75 Å². The van der Waals surface area contributed by atoms with E-state index in [9.17, 15) is 9.59 Å². The Morgan fingerprint density at radius 1 is 1.21 bits per heavy atom. The van der Waals surface area contributed by atoms with E-state index >= 15 is 0 Å². The van der Waals surface area contributed by atoms with Crippen LogP contribution in [0.15, 0.2) is 60.8 Å². The molecule has 3 aromatic rings. The van der Waals surface area contributed by atoms with Gasteiger partial charge in [-0.3, -0.25) is 14.6 Å². The number of ketones is 1. The van der Waals surface area contributed by atoms with Crippen LogP contribution in [-0.4, -0.2) is 29.8 Å². The molecule has 1 aromatic carbocycles. The summed E-state index contributed by atoms with van der Waals surface area (Å²) >= 11 is 7.74. The third-order valence-electron chi connectivity index (χ3n) is 3.92. The summed E-state index contributed by atoms with van der Waals surface area (Å²) in [5.41, 5.74) is 1.64. The number of nitrogens with zero attached hydrogens (tertiary/aromatic N) is 1. The minimum atomic E-state index is -0.223. The minimum Gasteiger partial charge on any atom is -0.490 e. The topological polar surface area (TPSA) is 68.3 Å². The van der Waals surface area contributed by atoms with Crippen LogP contribution in [0.25, 0.3) is 16.5 Å². The molecule has 0 aliphatic rings. The van der Waals surface area contributed by atoms with Crippen LogP contribution in [0.4, 0.5) is 0 Å². The summed E-state index contributed by atoms with van der Waals surface area (Å²) in [6.45, 7) is 2.18. The minimum absolute atomic E-state index is 0.0456. The molecule has 2 heterocycles. The third-order valence-corrected chi connectivity index (χ3v) is 5.45. The number of carbonyl (C=O) groups excluding carboxylic acids is 2. The van der Waals surface area contributed by atoms with Crippen molar-refractivity contribution in [1.29, 1.82) is 0 Å². The van der Waals surface area contributed by atoms with Crippen molar-refractivity contribution in [2.75, 3.05) is 13.2 Å². The van der Waals surface area contributed by atoms with Gasteiger partial charge in [0.2, 0.25) is 5.91 Å². The van der Waals surface area contributed by atoms with Crippen LogP contribution in [-0.2, 0) is 4.79 Å². The first-order valence-corrected chi connectivity index (χ1v) is 10.1. The molecule has 0 saturated heterocycles. The summed E-state index contributed by atoms with van der Waals surface area (Å²) < 4.78 is 5.65. The zero-order chi connectivity index (χ0) is 20.6. The van der Waals surface area contributed by atoms with E-state index in [0.717, 1.165) is 10.4 Å². The molecule has 0 atom stereocenters. The first-order chi connectivity index (χ1) is 14.0. The molecule has 29 heavy (non-hydrogen) atoms. The van der Waals surface area contributed by atoms with Crippen molar-refractivity contribution in [2.45, 2.75) is 6.92 Å². The Morgan fingerprint density at radius 3 is 2.76 bits per heavy atom. The highest BCUT2D eigenvalue weighted by Crippen LogP contribution is 2.34. The zero-order valence-corrected chi connectivity index (χ0v) is 17.3. The number of amides is 1. The number of hydrogen-bond donors (Lipinski definition) is 1. The molecule has 0 saturated carbocycles. The first-order valence-electron chi connectivity index (χ1n) is 8.93. The van der Waals surface area contributed by atoms with E-state index in [1.807, 2.05) is 36.4 Å². The molecule has 7 heteroatoms. The van der Waals surface area contributed by atoms with Crippen LogP contribution in [0.3, 0.4) is 0 Å². The zero-order valence-electron chi connectivity index (χ0n) is 15.7. The molecule has 0 bridgehead atoms. The van der Waals surface area contributed by atoms with Crippen LogP contribution in [0.2, 0.25) is 5.02 Å². The molecule has 5 nitrogen and oxygen atoms in total. The van der Waals surface area contributed by atoms with E-state index in [-0.39, 0.29) is 18.3 Å². The number of nitrogens with one attached hydrogen (secondary N) is 1. The van der Waals surface area contributed by atoms with E-state index in [2.05, 4.69) is 10.3 Å². The number of thiophene rings is 1. The number of hydrogen-bond acceptors (Lipinski definition) is 5. The molecule has 0 aliphatic heterocycles. The number of carbonyl (C=O) groups is 2. The number of pyridine rings is 1. The summed E-state index contributed by atoms with van der Waals surface area (Å²) in [5, 5.41) is 3.22. The van der Waals surface area contributed by atoms with Gasteiger partial charge >= 0.3 is 0 Å². The molecule has 0 unspecified atom stereocenters. The molecule has 3 rings (SSSR count). The third kappa shape index (κ3) is 6.01. The molecule has 0 spiro atoms. The molecule has 148 valence electrons. The van der Waals surface area contributed by atoms with E-state index in [1.54, 1.807) is 31.3 Å². The molecule has 2 aromatic heterocycles. The fourth-order valence-corrected chi connectivity index (χ4v) is 3.62. The number of aromatic nitrogens is 1. The highest BCUT2D eigenvalue weighted by atomic mass is 35.5. The second kappa shape index (κ2) is 10.0. The standard InChI is InChI=1S/C22H19ClN2O3S/c1-15(26)20-8-9-21(29-20)16-5-7-19(18(23)14-16)28-13-12-25-22(27)10-6-17-4-2-3-11-24-17/h2-11,14H,12-13H2,1H3,(H,25,27). The van der Waals surface area contributed by atoms with Crippen molar-refractivity contribution in [1.82, 2.24) is 10.3 Å². The molecule has 0 fully saturated rings. The van der Waals surface area contributed by atoms with Crippen molar-refractivity contribution in [3.63, 3.8) is 0 Å². The van der Waals surface area contributed by atoms with Gasteiger partial charge in [0.1, 0.15) is 12.4 Å². The van der Waals surface area contributed by atoms with E-state index in [0.29, 0.717) is 27.9 Å². The normalized spacial score (nSPS) is 10.8. The van der Waals surface area contributed by atoms with Gasteiger partial charge in [0.05, 0.1) is 22.1 Å². The monoisotopic (exact) mass is 426 g/mol. The fraction of sp³-hybridized carbons (Fsp3) is 0.136. The van der Waals surface area contributed by atoms with Crippen LogP contribution in [0.1, 0.15) is 22.3 Å². The van der Waals surface area contributed by atoms with Gasteiger partial charge < -0.3 is 10.1 Å². The summed E-state index contributed by atoms with van der Waals surface area (Å²) in [7, 11) is 0. The van der Waals surface area contributed by atoms with E-state index in [4.69, 9.17) is 16.3 Å². The summed E-state index contributed by atoms with van der Waals surface area (Å²) in [6.07, 6.45) is 4.75. The van der Waals surface area contributed by atoms with Gasteiger partial charge in [0.25, 0.3) is 0 Å². The number of halogens is 1. The fourth-order valence-electron chi connectivity index (χ4n) is 2.48. The van der Waals surface area contributed by atoms with Gasteiger partial charge in [-0.2, -0.15) is 0 Å². The lowest BCUT2D eigenvalue weighted by Crippen LogP contribution is -2.26. The second-order valence-electron chi connectivity index (χ2n) is 6.09. The Kier molecular flexibility index (Phi) is 7.16. The van der Waals surface area contributed by atoms with Gasteiger partial charge in [0.15, 0.2) is 5.78 Å². The molecular weight excluding hydrogens is 408 g/mol. The lowest BCUT2D eigenvalue weighted by Gasteiger charge is -2.09. The lowest BCUT2D eigenvalue weighted by molar-refractivity contribution is -0.116. The van der Waals surface area contributed by atoms with E-state index < -0.39 is 0 Å². The summed E-state index contributed by atoms with van der Waals surface area (Å²) in [4.78, 5) is 29.1. The quantitative estimate of drug-likeness (QED) is 0.317. The van der Waals surface area contributed by atoms with Crippen molar-refractivity contribution < 1.29 is 14.3 Å². The number of Topliss-reactive ketones (excluding diaryl/α,β-unsaturated/α-hetero) is 1. The van der Waals surface area contributed by atoms with Gasteiger partial charge in [0, 0.05) is 17.2 Å². The Morgan fingerprint density at radius 2 is 2.07 bits per heavy atom. The number of ether oxygens (including phenoxy) is 1. The van der Waals surface area contributed by atoms with Crippen molar-refractivity contribution in [2.24, 2.45) is 0 Å². The smallest absolute Gasteiger partial charge is 0.244 e. The highest BCUT2D eigenvalue weighted by Gasteiger charge is 2.09. The van der Waals surface area contributed by atoms with Crippen LogP contribution in [0, 0.1) is 0 Å². The van der Waals surface area contributed by atoms with Gasteiger partial charge in [-0.15, -0.1) is 11.3 Å². The SMILES string of the molecule is CC(=O)c1ccc(-c2ccc(OCCNC(=O)C=Cc3ccccn3)c(Cl)c2)s1. The maximum Gasteiger partial charge on any atom is 0.244 e. The first kappa shape index (κ1) is 20.8. The molecule has 1 amide bonds. The predicted molar refractivity (Wildman–Crippen MR) is 117 cm³/mol. The van der Waals surface area contributed by atoms with Gasteiger partial charge in [-0.05, 0) is 61.0 Å². The Labute approximate surface area is 178 Å². The molecular formula is C22H19ClN2O3S.